The summed E-state index contributed by atoms with van der Waals surface area (Å²) in [5, 5.41) is 12.2. The van der Waals surface area contributed by atoms with E-state index < -0.39 is 17.5 Å². The van der Waals surface area contributed by atoms with Gasteiger partial charge in [0.25, 0.3) is 5.91 Å². The summed E-state index contributed by atoms with van der Waals surface area (Å²) < 4.78 is 18.3. The van der Waals surface area contributed by atoms with Gasteiger partial charge in [0.2, 0.25) is 0 Å². The average molecular weight is 379 g/mol. The molecule has 2 rings (SSSR count). The van der Waals surface area contributed by atoms with Gasteiger partial charge >= 0.3 is 0 Å². The molecule has 4 nitrogen and oxygen atoms in total. The summed E-state index contributed by atoms with van der Waals surface area (Å²) in [7, 11) is 0. The van der Waals surface area contributed by atoms with Gasteiger partial charge in [0.15, 0.2) is 0 Å². The fourth-order valence-electron chi connectivity index (χ4n) is 1.77. The van der Waals surface area contributed by atoms with Gasteiger partial charge in [-0.2, -0.15) is 0 Å². The molecule has 0 fully saturated rings. The molecule has 2 N–H and O–H groups in total. The van der Waals surface area contributed by atoms with Crippen molar-refractivity contribution in [3.8, 4) is 11.5 Å². The number of hydrogen-bond acceptors (Lipinski definition) is 3. The summed E-state index contributed by atoms with van der Waals surface area (Å²) in [4.78, 5) is 12.1. The van der Waals surface area contributed by atoms with Crippen LogP contribution in [0.3, 0.4) is 0 Å². The Bertz CT molecular complexity index is 714. The summed E-state index contributed by atoms with van der Waals surface area (Å²) in [5.74, 6) is -1.19. The summed E-state index contributed by atoms with van der Waals surface area (Å²) in [6.07, 6.45) is 0. The fraction of sp³-hybridized carbons (Fsp3) is 0.133. The standard InChI is InChI=1S/C15H11Cl3FNO3/c16-10-7-11(17)14(21)12(13(10)18)15(22)20-4-5-23-9-3-1-2-8(19)6-9/h1-3,6-7,21H,4-5H2,(H,20,22). The summed E-state index contributed by atoms with van der Waals surface area (Å²) in [5.41, 5.74) is -0.213. The van der Waals surface area contributed by atoms with Crippen molar-refractivity contribution in [3.63, 3.8) is 0 Å². The summed E-state index contributed by atoms with van der Waals surface area (Å²) in [6.45, 7) is 0.205. The molecule has 8 heteroatoms. The van der Waals surface area contributed by atoms with E-state index in [0.29, 0.717) is 5.75 Å². The molecule has 0 bridgehead atoms. The number of ether oxygens (including phenoxy) is 1. The number of halogens is 4. The molecule has 0 aliphatic heterocycles. The highest BCUT2D eigenvalue weighted by Gasteiger charge is 2.20. The van der Waals surface area contributed by atoms with E-state index in [1.54, 1.807) is 6.07 Å². The molecule has 2 aromatic rings. The lowest BCUT2D eigenvalue weighted by Gasteiger charge is -2.11. The van der Waals surface area contributed by atoms with E-state index >= 15 is 0 Å². The van der Waals surface area contributed by atoms with Gasteiger partial charge in [-0.05, 0) is 18.2 Å². The second-order valence-corrected chi connectivity index (χ2v) is 5.63. The Labute approximate surface area is 146 Å². The van der Waals surface area contributed by atoms with Crippen molar-refractivity contribution in [2.45, 2.75) is 0 Å². The smallest absolute Gasteiger partial charge is 0.256 e. The molecule has 2 aromatic carbocycles. The van der Waals surface area contributed by atoms with Crippen LogP contribution in [0.15, 0.2) is 30.3 Å². The SMILES string of the molecule is O=C(NCCOc1cccc(F)c1)c1c(O)c(Cl)cc(Cl)c1Cl. The maximum absolute atomic E-state index is 13.0. The zero-order valence-corrected chi connectivity index (χ0v) is 13.8. The van der Waals surface area contributed by atoms with Gasteiger partial charge in [-0.25, -0.2) is 4.39 Å². The number of carbonyl (C=O) groups is 1. The minimum atomic E-state index is -0.653. The Kier molecular flexibility index (Phi) is 5.93. The van der Waals surface area contributed by atoms with E-state index in [1.165, 1.54) is 24.3 Å². The van der Waals surface area contributed by atoms with Crippen LogP contribution in [-0.2, 0) is 0 Å². The summed E-state index contributed by atoms with van der Waals surface area (Å²) >= 11 is 17.5. The van der Waals surface area contributed by atoms with Crippen molar-refractivity contribution in [1.29, 1.82) is 0 Å². The zero-order valence-electron chi connectivity index (χ0n) is 11.6. The lowest BCUT2D eigenvalue weighted by Crippen LogP contribution is -2.28. The first-order valence-corrected chi connectivity index (χ1v) is 7.56. The maximum atomic E-state index is 13.0. The number of hydrogen-bond donors (Lipinski definition) is 2. The minimum Gasteiger partial charge on any atom is -0.505 e. The summed E-state index contributed by atoms with van der Waals surface area (Å²) in [6, 6.07) is 6.85. The third-order valence-electron chi connectivity index (χ3n) is 2.83. The molecule has 1 amide bonds. The van der Waals surface area contributed by atoms with Crippen molar-refractivity contribution < 1.29 is 19.0 Å². The van der Waals surface area contributed by atoms with Gasteiger partial charge in [-0.3, -0.25) is 4.79 Å². The second-order valence-electron chi connectivity index (χ2n) is 4.44. The molecule has 0 radical (unpaired) electrons. The third kappa shape index (κ3) is 4.41. The number of phenols is 1. The lowest BCUT2D eigenvalue weighted by atomic mass is 10.2. The van der Waals surface area contributed by atoms with Crippen molar-refractivity contribution in [2.24, 2.45) is 0 Å². The van der Waals surface area contributed by atoms with Gasteiger partial charge in [-0.15, -0.1) is 0 Å². The van der Waals surface area contributed by atoms with Crippen molar-refractivity contribution in [1.82, 2.24) is 5.32 Å². The van der Waals surface area contributed by atoms with Crippen LogP contribution < -0.4 is 10.1 Å². The first-order valence-electron chi connectivity index (χ1n) is 6.43. The van der Waals surface area contributed by atoms with Gasteiger partial charge < -0.3 is 15.2 Å². The first-order chi connectivity index (χ1) is 10.9. The number of carbonyl (C=O) groups excluding carboxylic acids is 1. The number of phenolic OH excluding ortho intramolecular Hbond substituents is 1. The molecule has 0 saturated carbocycles. The Morgan fingerprint density at radius 3 is 2.65 bits per heavy atom. The predicted octanol–water partition coefficient (Wildman–Crippen LogP) is 4.30. The molecular formula is C15H11Cl3FNO3. The van der Waals surface area contributed by atoms with E-state index in [-0.39, 0.29) is 33.8 Å². The molecule has 0 spiro atoms. The van der Waals surface area contributed by atoms with Crippen LogP contribution in [0.4, 0.5) is 4.39 Å². The predicted molar refractivity (Wildman–Crippen MR) is 87.4 cm³/mol. The minimum absolute atomic E-state index is 0.0515. The highest BCUT2D eigenvalue weighted by Crippen LogP contribution is 2.38. The normalized spacial score (nSPS) is 10.4. The molecule has 0 unspecified atom stereocenters. The van der Waals surface area contributed by atoms with E-state index in [0.717, 1.165) is 0 Å². The van der Waals surface area contributed by atoms with Crippen LogP contribution in [0.2, 0.25) is 15.1 Å². The van der Waals surface area contributed by atoms with Gasteiger partial charge in [0.05, 0.1) is 21.6 Å². The van der Waals surface area contributed by atoms with Crippen LogP contribution in [0.5, 0.6) is 11.5 Å². The molecule has 122 valence electrons. The van der Waals surface area contributed by atoms with Gasteiger partial charge in [0, 0.05) is 6.07 Å². The van der Waals surface area contributed by atoms with Crippen molar-refractivity contribution >= 4 is 40.7 Å². The Morgan fingerprint density at radius 1 is 1.22 bits per heavy atom. The lowest BCUT2D eigenvalue weighted by molar-refractivity contribution is 0.0944. The first kappa shape index (κ1) is 17.7. The molecule has 0 saturated heterocycles. The molecule has 0 aromatic heterocycles. The highest BCUT2D eigenvalue weighted by atomic mass is 35.5. The van der Waals surface area contributed by atoms with Gasteiger partial charge in [0.1, 0.15) is 29.5 Å². The number of rotatable bonds is 5. The van der Waals surface area contributed by atoms with Crippen LogP contribution in [0.1, 0.15) is 10.4 Å². The largest absolute Gasteiger partial charge is 0.505 e. The van der Waals surface area contributed by atoms with Crippen LogP contribution in [0, 0.1) is 5.82 Å². The second kappa shape index (κ2) is 7.73. The Morgan fingerprint density at radius 2 is 1.96 bits per heavy atom. The molecule has 0 atom stereocenters. The average Bonchev–Trinajstić information content (AvgIpc) is 2.50. The Balaban J connectivity index is 1.96. The van der Waals surface area contributed by atoms with Gasteiger partial charge in [-0.1, -0.05) is 40.9 Å². The van der Waals surface area contributed by atoms with Crippen LogP contribution >= 0.6 is 34.8 Å². The highest BCUT2D eigenvalue weighted by molar-refractivity contribution is 6.45. The van der Waals surface area contributed by atoms with E-state index in [9.17, 15) is 14.3 Å². The molecule has 0 aliphatic rings. The van der Waals surface area contributed by atoms with E-state index in [2.05, 4.69) is 5.32 Å². The Hall–Kier alpha value is -1.69. The van der Waals surface area contributed by atoms with Crippen molar-refractivity contribution in [3.05, 3.63) is 56.8 Å². The number of amides is 1. The van der Waals surface area contributed by atoms with Crippen LogP contribution in [-0.4, -0.2) is 24.2 Å². The van der Waals surface area contributed by atoms with E-state index in [1.807, 2.05) is 0 Å². The number of nitrogens with one attached hydrogen (secondary N) is 1. The fourth-order valence-corrected chi connectivity index (χ4v) is 2.46. The number of benzene rings is 2. The molecular weight excluding hydrogens is 368 g/mol. The third-order valence-corrected chi connectivity index (χ3v) is 3.90. The topological polar surface area (TPSA) is 58.6 Å². The quantitative estimate of drug-likeness (QED) is 0.602. The number of aromatic hydroxyl groups is 1. The zero-order chi connectivity index (χ0) is 17.0. The van der Waals surface area contributed by atoms with E-state index in [4.69, 9.17) is 39.5 Å². The monoisotopic (exact) mass is 377 g/mol. The molecule has 23 heavy (non-hydrogen) atoms. The van der Waals surface area contributed by atoms with Crippen LogP contribution in [0.25, 0.3) is 0 Å². The molecule has 0 heterocycles. The van der Waals surface area contributed by atoms with Crippen molar-refractivity contribution in [2.75, 3.05) is 13.2 Å². The molecule has 0 aliphatic carbocycles. The maximum Gasteiger partial charge on any atom is 0.256 e.